The Morgan fingerprint density at radius 3 is 0.777 bits per heavy atom. The van der Waals surface area contributed by atoms with Gasteiger partial charge in [0, 0.05) is 65.5 Å². The van der Waals surface area contributed by atoms with Gasteiger partial charge in [0.2, 0.25) is 20.0 Å². The number of ether oxygens (including phenoxy) is 3. The number of aromatic hydroxyl groups is 3. The molecule has 12 aromatic rings. The van der Waals surface area contributed by atoms with E-state index >= 15 is 0 Å². The summed E-state index contributed by atoms with van der Waals surface area (Å²) in [5, 5.41) is 88.5. The van der Waals surface area contributed by atoms with Gasteiger partial charge in [-0.05, 0) is 114 Å². The van der Waals surface area contributed by atoms with Crippen molar-refractivity contribution < 1.29 is 306 Å². The summed E-state index contributed by atoms with van der Waals surface area (Å²) in [4.78, 5) is -1.55. The van der Waals surface area contributed by atoms with Crippen molar-refractivity contribution in [2.24, 2.45) is 61.4 Å². The number of benzene rings is 12. The van der Waals surface area contributed by atoms with E-state index in [1.807, 2.05) is 46.8 Å². The van der Waals surface area contributed by atoms with E-state index in [0.29, 0.717) is 58.3 Å². The Balaban J connectivity index is -0.00000170. The van der Waals surface area contributed by atoms with Crippen LogP contribution in [0.4, 0.5) is 68.2 Å². The molecule has 0 amide bonds. The number of aliphatic hydroxyl groups excluding tert-OH is 1. The number of aryl methyl sites for hydroxylation is 7. The summed E-state index contributed by atoms with van der Waals surface area (Å²) in [5.41, 5.74) is 25.7. The molecule has 0 atom stereocenters. The van der Waals surface area contributed by atoms with Crippen LogP contribution < -0.4 is 209 Å². The van der Waals surface area contributed by atoms with Crippen molar-refractivity contribution in [2.75, 3.05) is 92.5 Å². The van der Waals surface area contributed by atoms with Crippen molar-refractivity contribution in [3.8, 4) is 34.5 Å². The smallest absolute Gasteiger partial charge is 0.744 e. The summed E-state index contributed by atoms with van der Waals surface area (Å²) in [5.74, 6) is -0.883. The first-order chi connectivity index (χ1) is 66.5. The third-order valence-corrected chi connectivity index (χ3v) is 25.4. The van der Waals surface area contributed by atoms with Crippen LogP contribution in [0.3, 0.4) is 0 Å². The molecule has 0 bridgehead atoms. The number of nitrogens with zero attached hydrogens (tertiary/aromatic N) is 14. The van der Waals surface area contributed by atoms with E-state index in [4.69, 9.17) is 74.4 Å². The summed E-state index contributed by atoms with van der Waals surface area (Å²) in [6.45, 7) is 20.4. The van der Waals surface area contributed by atoms with Crippen molar-refractivity contribution in [3.05, 3.63) is 221 Å². The molecule has 0 aliphatic heterocycles. The van der Waals surface area contributed by atoms with Crippen molar-refractivity contribution in [2.45, 2.75) is 100 Å². The number of phenolic OH excluding ortho intramolecular Hbond substituents is 3. The minimum atomic E-state index is -4.98. The molecule has 0 heterocycles. The summed E-state index contributed by atoms with van der Waals surface area (Å²) in [7, 11) is -22.2. The van der Waals surface area contributed by atoms with Crippen LogP contribution in [-0.2, 0) is 82.2 Å². The number of hydrogen-bond donors (Lipinski definition) is 7. The van der Waals surface area contributed by atoms with Gasteiger partial charge in [0.25, 0.3) is 0 Å². The minimum Gasteiger partial charge on any atom is -0.744 e. The van der Waals surface area contributed by atoms with Gasteiger partial charge in [-0.3, -0.25) is 0 Å². The second kappa shape index (κ2) is 68.6. The molecule has 12 rings (SSSR count). The maximum Gasteiger partial charge on any atom is 1.00 e. The van der Waals surface area contributed by atoms with Gasteiger partial charge in [0.1, 0.15) is 99.0 Å². The van der Waals surface area contributed by atoms with E-state index in [9.17, 15) is 71.1 Å². The zero-order chi connectivity index (χ0) is 107. The first-order valence-corrected chi connectivity index (χ1v) is 50.7. The maximum absolute atomic E-state index is 12.2. The number of anilines is 3. The Bertz CT molecular complexity index is 7160. The van der Waals surface area contributed by atoms with E-state index in [0.717, 1.165) is 35.7 Å². The Hall–Kier alpha value is -8.41. The predicted molar refractivity (Wildman–Crippen MR) is 521 cm³/mol. The van der Waals surface area contributed by atoms with Crippen molar-refractivity contribution in [1.82, 2.24) is 8.61 Å². The molecular weight excluding hydrogens is 2150 g/mol. The number of aliphatic hydroxyl groups is 1. The molecule has 10 N–H and O–H groups in total. The van der Waals surface area contributed by atoms with Gasteiger partial charge >= 0.3 is 209 Å². The number of nitrogen functional groups attached to an aromatic ring is 3. The Morgan fingerprint density at radius 1 is 0.345 bits per heavy atom. The van der Waals surface area contributed by atoms with E-state index in [-0.39, 0.29) is 279 Å². The molecule has 0 saturated carbocycles. The molecule has 0 spiro atoms. The van der Waals surface area contributed by atoms with Crippen LogP contribution in [0.15, 0.2) is 250 Å². The van der Waals surface area contributed by atoms with Gasteiger partial charge < -0.3 is 65.5 Å². The van der Waals surface area contributed by atoms with Crippen LogP contribution in [0.25, 0.3) is 32.3 Å². The largest absolute Gasteiger partial charge is 1.00 e. The Kier molecular flexibility index (Phi) is 66.6. The summed E-state index contributed by atoms with van der Waals surface area (Å²) < 4.78 is 249. The Morgan fingerprint density at radius 2 is 0.574 bits per heavy atom. The number of methoxy groups -OCH3 is 3. The average Bonchev–Trinajstić information content (AvgIpc) is 0.766. The molecule has 46 nitrogen and oxygen atoms in total. The average molecular weight is 2250 g/mol. The molecule has 0 radical (unpaired) electrons. The Labute approximate surface area is 993 Å². The van der Waals surface area contributed by atoms with Crippen LogP contribution in [0.2, 0.25) is 0 Å². The molecule has 0 fully saturated rings. The topological polar surface area (TPSA) is 735 Å². The second-order valence-electron chi connectivity index (χ2n) is 28.7. The molecular formula is C88H97N17Na6O29S8. The number of nitrogens with two attached hydrogens (primary N) is 3. The molecule has 0 saturated heterocycles. The van der Waals surface area contributed by atoms with Crippen LogP contribution in [0.1, 0.15) is 66.1 Å². The van der Waals surface area contributed by atoms with Crippen molar-refractivity contribution >= 4 is 183 Å². The molecule has 0 unspecified atom stereocenters. The molecule has 0 aliphatic rings. The van der Waals surface area contributed by atoms with E-state index in [1.54, 1.807) is 93.6 Å². The third-order valence-electron chi connectivity index (χ3n) is 18.9. The molecule has 0 aromatic heterocycles. The van der Waals surface area contributed by atoms with Crippen molar-refractivity contribution in [1.29, 1.82) is 0 Å². The van der Waals surface area contributed by atoms with Gasteiger partial charge in [-0.15, -0.1) is 84.7 Å². The fourth-order valence-corrected chi connectivity index (χ4v) is 17.2. The van der Waals surface area contributed by atoms with Gasteiger partial charge in [-0.2, -0.15) is 93.9 Å². The number of sulfonamides is 2. The molecule has 12 aromatic carbocycles. The van der Waals surface area contributed by atoms with Crippen LogP contribution in [-0.4, -0.2) is 198 Å². The molecule has 0 aliphatic carbocycles. The van der Waals surface area contributed by atoms with Crippen LogP contribution in [0.5, 0.6) is 34.5 Å². The number of rotatable bonds is 25. The quantitative estimate of drug-likeness (QED) is 0.0103. The number of phenols is 3. The maximum atomic E-state index is 12.2. The van der Waals surface area contributed by atoms with E-state index < -0.39 is 131 Å². The number of fused-ring (bicyclic) bond motifs is 3. The third kappa shape index (κ3) is 44.0. The first-order valence-electron chi connectivity index (χ1n) is 40.6. The molecule has 60 heteroatoms. The van der Waals surface area contributed by atoms with Gasteiger partial charge in [-0.1, -0.05) is 143 Å². The predicted octanol–water partition coefficient (Wildman–Crippen LogP) is -2.44. The van der Waals surface area contributed by atoms with Gasteiger partial charge in [0.05, 0.1) is 69.5 Å². The van der Waals surface area contributed by atoms with Gasteiger partial charge in [-0.25, -0.2) is 42.1 Å². The summed E-state index contributed by atoms with van der Waals surface area (Å²) in [6, 6.07) is 51.4. The standard InChI is InChI=1S/3C19H18N5O5S.C12H19NO3S.C11H17NO2S.C8H10.6Na.3O3S/c3*1-10-7-14(15(29-3)9-13(10)22-21-2)23-24-18-16(30(26,27)28)8-11-5-4-6-12(20)17(11)19(18)25;1-3-8-13(9-10-14)17(15,16)12-6-4-11(2)5-7-12;1-4-12(5-2)15(13,14)11-8-6-10(3)7-9-11;1-7-3-5-8(2)6-4-7;;;;;;;3*1-4(2)3/h3*5-9,25H,20H2,1-3H3,(H,26,27,28);4-7,14H,3,8-10H2,1-2H3;6-9H,4-5H2,1-3H3;3-6H,1-2H3;;;;;;;;;/q3*-1;;;;6*+1;;;/p-3. The van der Waals surface area contributed by atoms with Gasteiger partial charge in [0.15, 0.2) is 0 Å². The summed E-state index contributed by atoms with van der Waals surface area (Å²) in [6.07, 6.45) is 0.727. The van der Waals surface area contributed by atoms with E-state index in [1.165, 1.54) is 98.6 Å². The zero-order valence-corrected chi connectivity index (χ0v) is 103. The SMILES string of the molecule is CCCN(CCO)S(=O)(=O)c1ccc(C)cc1.CCN(CC)S(=O)(=O)c1ccc(C)cc1.CN=Nc1cc(OC)c(N=Nc2c(S(=O)(=O)[O-])cc3c[c-]cc(N)c3c2O)cc1C.CN=Nc1cc(OC)c(N=Nc2c(S(=O)(=O)[O-])cc3c[c-]cc(N)c3c2O)cc1C.CN=Nc1cc(OC)c(N=Nc2c(S(=O)(=O)[O-])cc3c[c-]cc(N)c3c2O)cc1C.Cc1ccc(C)cc1.O=S(=O)=O.O=S(=O)=O.O=S(=O)=O.[Na+].[Na+].[Na+].[Na+].[Na+].[Na+]. The number of azo groups is 6. The zero-order valence-electron chi connectivity index (χ0n) is 84.6. The van der Waals surface area contributed by atoms with Crippen LogP contribution in [0, 0.1) is 66.7 Å². The van der Waals surface area contributed by atoms with Crippen molar-refractivity contribution in [3.63, 3.8) is 0 Å². The van der Waals surface area contributed by atoms with Crippen LogP contribution >= 0.6 is 0 Å². The monoisotopic (exact) mass is 2250 g/mol. The van der Waals surface area contributed by atoms with E-state index in [2.05, 4.69) is 118 Å². The first kappa shape index (κ1) is 144. The molecule has 148 heavy (non-hydrogen) atoms. The number of hydrogen-bond acceptors (Lipinski definition) is 44. The minimum absolute atomic E-state index is 0. The fourth-order valence-electron chi connectivity index (χ4n) is 12.3. The summed E-state index contributed by atoms with van der Waals surface area (Å²) >= 11 is 0. The second-order valence-corrected chi connectivity index (χ2v) is 37.9. The normalized spacial score (nSPS) is 11.0. The fraction of sp³-hybridized carbons (Fsp3) is 0.250. The molecule has 762 valence electrons.